The maximum atomic E-state index is 13.7. The zero-order chi connectivity index (χ0) is 43.3. The zero-order valence-corrected chi connectivity index (χ0v) is 35.2. The summed E-state index contributed by atoms with van der Waals surface area (Å²) >= 11 is 5.73. The van der Waals surface area contributed by atoms with E-state index in [1.165, 1.54) is 6.07 Å². The van der Waals surface area contributed by atoms with E-state index >= 15 is 0 Å². The Hall–Kier alpha value is -4.99. The van der Waals surface area contributed by atoms with Crippen LogP contribution >= 0.6 is 12.2 Å². The average molecular weight is 850 g/mol. The number of likely N-dealkylation sites (tertiary alicyclic amines) is 1. The number of carbonyl (C=O) groups excluding carboxylic acids is 4. The number of aromatic nitrogens is 3. The van der Waals surface area contributed by atoms with Crippen LogP contribution in [-0.4, -0.2) is 96.2 Å². The Labute approximate surface area is 351 Å². The van der Waals surface area contributed by atoms with E-state index in [1.54, 1.807) is 25.6 Å². The van der Waals surface area contributed by atoms with Crippen LogP contribution < -0.4 is 15.5 Å². The molecule has 2 N–H and O–H groups in total. The SMILES string of the molecule is C[C@@H]1C[C@@H](CCO[C@H]2CC[C@H](N3C(=S)N(c4cnc(C#N)c(C(F)(F)F)c4)C(=O)C3(C)C)CC2)C[C@H](C)N1CC(=O)Nc1cccc2c(C3CCC(=O)NC3=O)nn(C)c12. The van der Waals surface area contributed by atoms with Gasteiger partial charge in [-0.2, -0.15) is 23.5 Å². The van der Waals surface area contributed by atoms with Crippen LogP contribution in [-0.2, 0) is 37.1 Å². The number of carbonyl (C=O) groups is 4. The fraction of sp³-hybridized carbons (Fsp3) is 0.571. The van der Waals surface area contributed by atoms with Crippen molar-refractivity contribution in [2.24, 2.45) is 13.0 Å². The number of anilines is 2. The molecule has 3 aromatic rings. The molecule has 3 aliphatic heterocycles. The third-order valence-corrected chi connectivity index (χ3v) is 13.1. The minimum Gasteiger partial charge on any atom is -0.378 e. The van der Waals surface area contributed by atoms with Gasteiger partial charge in [-0.15, -0.1) is 0 Å². The van der Waals surface area contributed by atoms with Crippen LogP contribution in [0.15, 0.2) is 30.5 Å². The number of alkyl halides is 3. The molecule has 1 unspecified atom stereocenters. The molecular formula is C42H50F3N9O5S. The molecule has 320 valence electrons. The van der Waals surface area contributed by atoms with Gasteiger partial charge in [0.2, 0.25) is 17.7 Å². The number of nitrogens with zero attached hydrogens (tertiary/aromatic N) is 7. The molecule has 0 radical (unpaired) electrons. The summed E-state index contributed by atoms with van der Waals surface area (Å²) in [5, 5.41) is 20.2. The predicted molar refractivity (Wildman–Crippen MR) is 219 cm³/mol. The summed E-state index contributed by atoms with van der Waals surface area (Å²) in [5.74, 6) is -1.36. The van der Waals surface area contributed by atoms with E-state index in [2.05, 4.69) is 39.5 Å². The highest BCUT2D eigenvalue weighted by Gasteiger charge is 2.53. The summed E-state index contributed by atoms with van der Waals surface area (Å²) in [7, 11) is 1.78. The van der Waals surface area contributed by atoms with Crippen LogP contribution in [0.3, 0.4) is 0 Å². The first-order chi connectivity index (χ1) is 28.4. The third kappa shape index (κ3) is 8.35. The molecule has 7 rings (SSSR count). The Morgan fingerprint density at radius 1 is 1.10 bits per heavy atom. The Kier molecular flexibility index (Phi) is 12.1. The maximum Gasteiger partial charge on any atom is 0.419 e. The van der Waals surface area contributed by atoms with Gasteiger partial charge in [-0.3, -0.25) is 39.0 Å². The van der Waals surface area contributed by atoms with Crippen LogP contribution in [0.25, 0.3) is 10.9 Å². The summed E-state index contributed by atoms with van der Waals surface area (Å²) in [6, 6.07) is 8.00. The van der Waals surface area contributed by atoms with Crippen molar-refractivity contribution >= 4 is 63.2 Å². The van der Waals surface area contributed by atoms with Gasteiger partial charge in [-0.25, -0.2) is 4.98 Å². The lowest BCUT2D eigenvalue weighted by Gasteiger charge is -2.42. The van der Waals surface area contributed by atoms with Gasteiger partial charge in [0, 0.05) is 43.6 Å². The molecule has 18 heteroatoms. The molecule has 60 heavy (non-hydrogen) atoms. The molecule has 0 spiro atoms. The van der Waals surface area contributed by atoms with Crippen LogP contribution in [0.1, 0.15) is 108 Å². The minimum atomic E-state index is -4.83. The lowest BCUT2D eigenvalue weighted by Crippen LogP contribution is -2.51. The van der Waals surface area contributed by atoms with E-state index in [9.17, 15) is 37.6 Å². The zero-order valence-electron chi connectivity index (χ0n) is 34.3. The van der Waals surface area contributed by atoms with Crippen LogP contribution in [0.4, 0.5) is 24.5 Å². The highest BCUT2D eigenvalue weighted by Crippen LogP contribution is 2.41. The number of fused-ring (bicyclic) bond motifs is 1. The molecule has 1 saturated carbocycles. The number of nitrogens with one attached hydrogen (secondary N) is 2. The van der Waals surface area contributed by atoms with Crippen molar-refractivity contribution in [1.29, 1.82) is 5.26 Å². The highest BCUT2D eigenvalue weighted by atomic mass is 32.1. The molecule has 0 bridgehead atoms. The Morgan fingerprint density at radius 2 is 1.80 bits per heavy atom. The minimum absolute atomic E-state index is 0.0343. The summed E-state index contributed by atoms with van der Waals surface area (Å²) in [5.41, 5.74) is -1.29. The van der Waals surface area contributed by atoms with Crippen LogP contribution in [0.2, 0.25) is 0 Å². The largest absolute Gasteiger partial charge is 0.419 e. The second kappa shape index (κ2) is 16.8. The Bertz CT molecular complexity index is 2240. The molecule has 1 aromatic carbocycles. The van der Waals surface area contributed by atoms with Gasteiger partial charge in [-0.05, 0) is 109 Å². The second-order valence-corrected chi connectivity index (χ2v) is 17.5. The van der Waals surface area contributed by atoms with Crippen molar-refractivity contribution < 1.29 is 37.1 Å². The number of amides is 4. The van der Waals surface area contributed by atoms with Gasteiger partial charge in [-0.1, -0.05) is 12.1 Å². The third-order valence-electron chi connectivity index (χ3n) is 12.7. The second-order valence-electron chi connectivity index (χ2n) is 17.1. The van der Waals surface area contributed by atoms with E-state index in [4.69, 9.17) is 17.0 Å². The van der Waals surface area contributed by atoms with Crippen molar-refractivity contribution in [3.63, 3.8) is 0 Å². The summed E-state index contributed by atoms with van der Waals surface area (Å²) in [4.78, 5) is 60.3. The molecule has 5 heterocycles. The van der Waals surface area contributed by atoms with Gasteiger partial charge < -0.3 is 15.0 Å². The van der Waals surface area contributed by atoms with Gasteiger partial charge in [0.25, 0.3) is 5.91 Å². The summed E-state index contributed by atoms with van der Waals surface area (Å²) in [6.45, 7) is 8.56. The van der Waals surface area contributed by atoms with Crippen molar-refractivity contribution in [2.45, 2.75) is 127 Å². The predicted octanol–water partition coefficient (Wildman–Crippen LogP) is 5.94. The maximum absolute atomic E-state index is 13.7. The number of imide groups is 1. The molecule has 4 amide bonds. The molecule has 4 atom stereocenters. The standard InChI is InChI=1S/C42H50F3N9O5S/c1-23-17-25(18-24(2)52(23)22-35(56)48-32-8-6-7-29-36(50-51(5)37(29)32)30-13-14-34(55)49-38(30)57)15-16-59-28-11-9-26(10-12-28)54-40(60)53(39(58)41(54,3)4)27-19-31(42(43,44)45)33(20-46)47-21-27/h6-8,19,21,23-26,28,30H,9-18,22H2,1-5H3,(H,48,56)(H,49,55,57)/t23-,24+,25-,26-,28-,30?. The van der Waals surface area contributed by atoms with Gasteiger partial charge in [0.15, 0.2) is 10.8 Å². The number of nitriles is 1. The number of benzene rings is 1. The monoisotopic (exact) mass is 849 g/mol. The molecule has 4 fully saturated rings. The molecule has 2 aromatic heterocycles. The van der Waals surface area contributed by atoms with E-state index in [1.807, 2.05) is 23.1 Å². The smallest absolute Gasteiger partial charge is 0.378 e. The fourth-order valence-corrected chi connectivity index (χ4v) is 10.3. The lowest BCUT2D eigenvalue weighted by atomic mass is 9.85. The number of piperidine rings is 2. The molecule has 4 aliphatic rings. The summed E-state index contributed by atoms with van der Waals surface area (Å²) in [6.07, 6.45) is 2.53. The van der Waals surface area contributed by atoms with Crippen molar-refractivity contribution in [1.82, 2.24) is 29.9 Å². The number of halogens is 3. The fourth-order valence-electron chi connectivity index (χ4n) is 9.75. The number of pyridine rings is 1. The van der Waals surface area contributed by atoms with Gasteiger partial charge in [0.05, 0.1) is 52.9 Å². The molecular weight excluding hydrogens is 800 g/mol. The Morgan fingerprint density at radius 3 is 2.45 bits per heavy atom. The number of hydrogen-bond donors (Lipinski definition) is 2. The first kappa shape index (κ1) is 43.1. The molecule has 3 saturated heterocycles. The first-order valence-electron chi connectivity index (χ1n) is 20.5. The number of hydrogen-bond acceptors (Lipinski definition) is 10. The van der Waals surface area contributed by atoms with Crippen LogP contribution in [0.5, 0.6) is 0 Å². The van der Waals surface area contributed by atoms with Crippen molar-refractivity contribution in [3.8, 4) is 6.07 Å². The van der Waals surface area contributed by atoms with Gasteiger partial charge in [0.1, 0.15) is 11.6 Å². The van der Waals surface area contributed by atoms with Crippen molar-refractivity contribution in [2.75, 3.05) is 23.4 Å². The van der Waals surface area contributed by atoms with Gasteiger partial charge >= 0.3 is 6.18 Å². The lowest BCUT2D eigenvalue weighted by molar-refractivity contribution is -0.138. The van der Waals surface area contributed by atoms with E-state index in [-0.39, 0.29) is 65.7 Å². The number of thiocarbonyl (C=S) groups is 1. The normalized spacial score (nSPS) is 26.4. The number of ether oxygens (including phenoxy) is 1. The van der Waals surface area contributed by atoms with Crippen molar-refractivity contribution in [3.05, 3.63) is 47.4 Å². The topological polar surface area (TPSA) is 166 Å². The average Bonchev–Trinajstić information content (AvgIpc) is 3.61. The van der Waals surface area contributed by atoms with E-state index in [0.29, 0.717) is 48.7 Å². The Balaban J connectivity index is 0.884. The highest BCUT2D eigenvalue weighted by molar-refractivity contribution is 7.80. The summed E-state index contributed by atoms with van der Waals surface area (Å²) < 4.78 is 49.2. The van der Waals surface area contributed by atoms with Crippen LogP contribution in [0, 0.1) is 17.2 Å². The van der Waals surface area contributed by atoms with E-state index < -0.39 is 34.8 Å². The number of aryl methyl sites for hydroxylation is 1. The molecule has 14 nitrogen and oxygen atoms in total. The number of rotatable bonds is 10. The quantitative estimate of drug-likeness (QED) is 0.183. The molecule has 1 aliphatic carbocycles. The first-order valence-corrected chi connectivity index (χ1v) is 20.9. The van der Waals surface area contributed by atoms with E-state index in [0.717, 1.165) is 54.7 Å². The number of para-hydroxylation sites is 1.